The van der Waals surface area contributed by atoms with Crippen LogP contribution in [-0.2, 0) is 0 Å². The molecule has 4 heteroatoms. The van der Waals surface area contributed by atoms with Crippen LogP contribution in [0.15, 0.2) is 291 Å². The average molecular weight is 973 g/mol. The maximum Gasteiger partial charge on any atom is 0.0542 e. The first-order valence-corrected chi connectivity index (χ1v) is 26.3. The molecule has 0 unspecified atom stereocenters. The zero-order valence-corrected chi connectivity index (χ0v) is 41.9. The predicted octanol–water partition coefficient (Wildman–Crippen LogP) is 19.9. The molecule has 76 heavy (non-hydrogen) atoms. The van der Waals surface area contributed by atoms with Gasteiger partial charge in [0.05, 0.1) is 22.1 Å². The quantitative estimate of drug-likeness (QED) is 0.128. The lowest BCUT2D eigenvalue weighted by molar-refractivity contribution is 1.04. The lowest BCUT2D eigenvalue weighted by atomic mass is 9.98. The maximum absolute atomic E-state index is 2.41. The molecule has 0 fully saturated rings. The third kappa shape index (κ3) is 8.05. The molecular weight excluding hydrogens is 921 g/mol. The first kappa shape index (κ1) is 44.8. The molecule has 0 spiro atoms. The summed E-state index contributed by atoms with van der Waals surface area (Å²) in [6.45, 7) is 0. The molecule has 0 saturated heterocycles. The Morgan fingerprint density at radius 2 is 0.658 bits per heavy atom. The van der Waals surface area contributed by atoms with Crippen LogP contribution in [-0.4, -0.2) is 9.13 Å². The number of para-hydroxylation sites is 4. The third-order valence-corrected chi connectivity index (χ3v) is 15.1. The minimum absolute atomic E-state index is 1.06. The molecule has 1 aliphatic rings. The van der Waals surface area contributed by atoms with Gasteiger partial charge in [0.25, 0.3) is 0 Å². The molecule has 13 aromatic rings. The van der Waals surface area contributed by atoms with Crippen molar-refractivity contribution in [1.29, 1.82) is 0 Å². The number of nitrogens with zero attached hydrogens (tertiary/aromatic N) is 4. The second-order valence-corrected chi connectivity index (χ2v) is 19.6. The van der Waals surface area contributed by atoms with Crippen LogP contribution in [0.1, 0.15) is 18.4 Å². The Labute approximate surface area is 443 Å². The highest BCUT2D eigenvalue weighted by Crippen LogP contribution is 2.44. The Bertz CT molecular complexity index is 4320. The summed E-state index contributed by atoms with van der Waals surface area (Å²) in [5, 5.41) is 4.88. The maximum atomic E-state index is 2.41. The lowest BCUT2D eigenvalue weighted by Gasteiger charge is -2.27. The summed E-state index contributed by atoms with van der Waals surface area (Å²) in [6.07, 6.45) is 9.05. The number of rotatable bonds is 11. The van der Waals surface area contributed by atoms with E-state index in [9.17, 15) is 0 Å². The van der Waals surface area contributed by atoms with Gasteiger partial charge in [-0.1, -0.05) is 170 Å². The Morgan fingerprint density at radius 1 is 0.263 bits per heavy atom. The summed E-state index contributed by atoms with van der Waals surface area (Å²) in [7, 11) is 0. The van der Waals surface area contributed by atoms with E-state index in [4.69, 9.17) is 0 Å². The first-order chi connectivity index (χ1) is 37.7. The Balaban J connectivity index is 0.856. The van der Waals surface area contributed by atoms with Gasteiger partial charge in [-0.3, -0.25) is 0 Å². The summed E-state index contributed by atoms with van der Waals surface area (Å²) in [5.74, 6) is 0. The second kappa shape index (κ2) is 19.2. The summed E-state index contributed by atoms with van der Waals surface area (Å²) in [6, 6.07) is 99.4. The van der Waals surface area contributed by atoms with Gasteiger partial charge >= 0.3 is 0 Å². The van der Waals surface area contributed by atoms with E-state index in [0.29, 0.717) is 0 Å². The highest BCUT2D eigenvalue weighted by molar-refractivity contribution is 6.12. The predicted molar refractivity (Wildman–Crippen MR) is 322 cm³/mol. The molecule has 2 aromatic heterocycles. The number of anilines is 6. The molecular formula is C72H52N4. The summed E-state index contributed by atoms with van der Waals surface area (Å²) in [5.41, 5.74) is 20.7. The summed E-state index contributed by atoms with van der Waals surface area (Å²) in [4.78, 5) is 4.81. The average Bonchev–Trinajstić information content (AvgIpc) is 4.02. The topological polar surface area (TPSA) is 16.3 Å². The second-order valence-electron chi connectivity index (χ2n) is 19.6. The zero-order chi connectivity index (χ0) is 50.4. The van der Waals surface area contributed by atoms with Crippen molar-refractivity contribution in [3.63, 3.8) is 0 Å². The Morgan fingerprint density at radius 3 is 1.16 bits per heavy atom. The number of fused-ring (bicyclic) bond motifs is 6. The SMILES string of the molecule is C1=CC(c2cccc(N(c3ccc(-c4ccc(N(c5cccc(-c6ccccc6)c5)c5ccc6c(c5)c5ccccc5n6-c5ccccc5)cc4)cc3)c3ccc4c(c3)c3ccccc3n4-c3ccccc3)c2)=CCC1. The van der Waals surface area contributed by atoms with E-state index < -0.39 is 0 Å². The van der Waals surface area contributed by atoms with E-state index in [0.717, 1.165) is 69.5 Å². The van der Waals surface area contributed by atoms with Crippen molar-refractivity contribution in [3.05, 3.63) is 297 Å². The largest absolute Gasteiger partial charge is 0.310 e. The van der Waals surface area contributed by atoms with Crippen LogP contribution in [0.3, 0.4) is 0 Å². The fourth-order valence-electron chi connectivity index (χ4n) is 11.5. The van der Waals surface area contributed by atoms with Gasteiger partial charge in [-0.05, 0) is 168 Å². The van der Waals surface area contributed by atoms with Gasteiger partial charge in [0, 0.05) is 67.0 Å². The van der Waals surface area contributed by atoms with E-state index >= 15 is 0 Å². The van der Waals surface area contributed by atoms with Crippen LogP contribution in [0.4, 0.5) is 34.1 Å². The van der Waals surface area contributed by atoms with E-state index in [1.165, 1.54) is 65.9 Å². The fourth-order valence-corrected chi connectivity index (χ4v) is 11.5. The summed E-state index contributed by atoms with van der Waals surface area (Å²) < 4.78 is 4.76. The molecule has 0 radical (unpaired) electrons. The van der Waals surface area contributed by atoms with Crippen LogP contribution in [0.5, 0.6) is 0 Å². The molecule has 1 aliphatic carbocycles. The molecule has 360 valence electrons. The van der Waals surface area contributed by atoms with Gasteiger partial charge < -0.3 is 18.9 Å². The molecule has 0 amide bonds. The molecule has 0 saturated carbocycles. The highest BCUT2D eigenvalue weighted by Gasteiger charge is 2.21. The van der Waals surface area contributed by atoms with E-state index in [2.05, 4.69) is 310 Å². The highest BCUT2D eigenvalue weighted by atomic mass is 15.1. The molecule has 0 aliphatic heterocycles. The third-order valence-electron chi connectivity index (χ3n) is 15.1. The van der Waals surface area contributed by atoms with Crippen LogP contribution in [0, 0.1) is 0 Å². The van der Waals surface area contributed by atoms with Crippen molar-refractivity contribution < 1.29 is 0 Å². The van der Waals surface area contributed by atoms with Gasteiger partial charge in [0.1, 0.15) is 0 Å². The smallest absolute Gasteiger partial charge is 0.0542 e. The normalized spacial score (nSPS) is 12.4. The minimum Gasteiger partial charge on any atom is -0.310 e. The number of benzene rings is 11. The molecule has 0 N–H and O–H groups in total. The van der Waals surface area contributed by atoms with E-state index in [-0.39, 0.29) is 0 Å². The van der Waals surface area contributed by atoms with Gasteiger partial charge in [0.2, 0.25) is 0 Å². The zero-order valence-electron chi connectivity index (χ0n) is 41.9. The van der Waals surface area contributed by atoms with Crippen molar-refractivity contribution in [2.45, 2.75) is 12.8 Å². The number of hydrogen-bond donors (Lipinski definition) is 0. The van der Waals surface area contributed by atoms with Gasteiger partial charge in [-0.2, -0.15) is 0 Å². The number of aromatic nitrogens is 2. The summed E-state index contributed by atoms with van der Waals surface area (Å²) >= 11 is 0. The lowest BCUT2D eigenvalue weighted by Crippen LogP contribution is -2.10. The van der Waals surface area contributed by atoms with Crippen molar-refractivity contribution >= 4 is 83.3 Å². The first-order valence-electron chi connectivity index (χ1n) is 26.3. The monoisotopic (exact) mass is 972 g/mol. The molecule has 11 aromatic carbocycles. The molecule has 0 atom stereocenters. The van der Waals surface area contributed by atoms with Crippen LogP contribution in [0.2, 0.25) is 0 Å². The number of hydrogen-bond acceptors (Lipinski definition) is 2. The van der Waals surface area contributed by atoms with Crippen molar-refractivity contribution in [2.75, 3.05) is 9.80 Å². The number of allylic oxidation sites excluding steroid dienone is 4. The van der Waals surface area contributed by atoms with Crippen molar-refractivity contribution in [1.82, 2.24) is 9.13 Å². The minimum atomic E-state index is 1.06. The van der Waals surface area contributed by atoms with Crippen LogP contribution >= 0.6 is 0 Å². The molecule has 4 nitrogen and oxygen atoms in total. The van der Waals surface area contributed by atoms with Gasteiger partial charge in [0.15, 0.2) is 0 Å². The van der Waals surface area contributed by atoms with Crippen LogP contribution < -0.4 is 9.80 Å². The molecule has 0 bridgehead atoms. The van der Waals surface area contributed by atoms with Gasteiger partial charge in [-0.15, -0.1) is 0 Å². The fraction of sp³-hybridized carbons (Fsp3) is 0.0278. The molecule has 2 heterocycles. The standard InChI is InChI=1S/C72H52N4/c1-5-19-51(20-6-1)55-23-17-29-61(47-55)73(63-43-45-71-67(49-63)65-31-13-15-33-69(65)75(71)57-25-9-3-10-26-57)59-39-35-53(36-40-59)54-37-41-60(42-38-54)74(62-30-18-24-56(48-62)52-21-7-2-8-22-52)64-44-46-72-68(50-64)66-32-14-16-34-70(66)76(72)58-27-11-4-12-28-58/h1,3-7,9-50H,2,8H2. The Hall–Kier alpha value is -9.90. The van der Waals surface area contributed by atoms with Crippen molar-refractivity contribution in [3.8, 4) is 33.6 Å². The molecule has 14 rings (SSSR count). The van der Waals surface area contributed by atoms with E-state index in [1.807, 2.05) is 0 Å². The Kier molecular flexibility index (Phi) is 11.3. The van der Waals surface area contributed by atoms with E-state index in [1.54, 1.807) is 0 Å². The van der Waals surface area contributed by atoms with Gasteiger partial charge in [-0.25, -0.2) is 0 Å². The van der Waals surface area contributed by atoms with Crippen LogP contribution in [0.25, 0.3) is 82.8 Å². The van der Waals surface area contributed by atoms with Crippen molar-refractivity contribution in [2.24, 2.45) is 0 Å².